The Labute approximate surface area is 232 Å². The lowest BCUT2D eigenvalue weighted by atomic mass is 9.83. The third-order valence-electron chi connectivity index (χ3n) is 8.96. The molecule has 1 saturated carbocycles. The minimum atomic E-state index is 0. The van der Waals surface area contributed by atoms with Crippen LogP contribution in [0.2, 0.25) is 0 Å². The average molecular weight is 534 g/mol. The first-order chi connectivity index (χ1) is 18.2. The van der Waals surface area contributed by atoms with Crippen molar-refractivity contribution in [2.75, 3.05) is 38.2 Å². The van der Waals surface area contributed by atoms with Gasteiger partial charge in [-0.25, -0.2) is 0 Å². The van der Waals surface area contributed by atoms with E-state index in [4.69, 9.17) is 4.74 Å². The monoisotopic (exact) mass is 533 g/mol. The number of carbonyl (C=O) groups is 1. The second kappa shape index (κ2) is 12.0. The molecule has 3 aromatic rings. The summed E-state index contributed by atoms with van der Waals surface area (Å²) in [6, 6.07) is 21.7. The third-order valence-corrected chi connectivity index (χ3v) is 8.96. The lowest BCUT2D eigenvalue weighted by molar-refractivity contribution is 0.0919. The molecule has 5 nitrogen and oxygen atoms in total. The van der Waals surface area contributed by atoms with Crippen molar-refractivity contribution in [1.29, 1.82) is 0 Å². The van der Waals surface area contributed by atoms with Crippen molar-refractivity contribution in [3.63, 3.8) is 0 Å². The molecule has 1 aliphatic carbocycles. The summed E-state index contributed by atoms with van der Waals surface area (Å²) in [5.41, 5.74) is 3.62. The predicted octanol–water partition coefficient (Wildman–Crippen LogP) is 6.09. The normalized spacial score (nSPS) is 23.2. The number of anilines is 1. The fourth-order valence-electron chi connectivity index (χ4n) is 6.74. The van der Waals surface area contributed by atoms with Gasteiger partial charge in [-0.2, -0.15) is 0 Å². The quantitative estimate of drug-likeness (QED) is 0.416. The van der Waals surface area contributed by atoms with Crippen LogP contribution in [0.5, 0.6) is 5.75 Å². The smallest absolute Gasteiger partial charge is 0.251 e. The van der Waals surface area contributed by atoms with Crippen LogP contribution in [0.15, 0.2) is 60.7 Å². The van der Waals surface area contributed by atoms with Crippen LogP contribution < -0.4 is 15.0 Å². The zero-order valence-corrected chi connectivity index (χ0v) is 23.2. The number of nitrogens with zero attached hydrogens (tertiary/aromatic N) is 2. The number of rotatable bonds is 6. The second-order valence-corrected chi connectivity index (χ2v) is 11.2. The van der Waals surface area contributed by atoms with E-state index in [1.165, 1.54) is 55.4 Å². The van der Waals surface area contributed by atoms with Crippen LogP contribution in [0, 0.1) is 5.92 Å². The Morgan fingerprint density at radius 2 is 1.76 bits per heavy atom. The van der Waals surface area contributed by atoms with E-state index < -0.39 is 0 Å². The number of hydrogen-bond donors (Lipinski definition) is 1. The van der Waals surface area contributed by atoms with Crippen molar-refractivity contribution >= 4 is 34.8 Å². The van der Waals surface area contributed by atoms with Gasteiger partial charge in [-0.05, 0) is 104 Å². The molecule has 3 aromatic carbocycles. The zero-order valence-electron chi connectivity index (χ0n) is 22.4. The van der Waals surface area contributed by atoms with E-state index >= 15 is 0 Å². The largest absolute Gasteiger partial charge is 0.497 e. The Morgan fingerprint density at radius 1 is 0.947 bits per heavy atom. The number of halogens is 1. The molecule has 2 fully saturated rings. The number of nitrogens with one attached hydrogen (secondary N) is 1. The van der Waals surface area contributed by atoms with Crippen LogP contribution in [0.1, 0.15) is 54.4 Å². The summed E-state index contributed by atoms with van der Waals surface area (Å²) in [5.74, 6) is 1.82. The van der Waals surface area contributed by atoms with Crippen molar-refractivity contribution in [3.8, 4) is 5.75 Å². The molecule has 0 radical (unpaired) electrons. The summed E-state index contributed by atoms with van der Waals surface area (Å²) >= 11 is 0. The Bertz CT molecular complexity index is 1260. The highest BCUT2D eigenvalue weighted by Crippen LogP contribution is 2.35. The fourth-order valence-corrected chi connectivity index (χ4v) is 6.74. The topological polar surface area (TPSA) is 44.8 Å². The molecule has 2 heterocycles. The molecule has 0 aromatic heterocycles. The van der Waals surface area contributed by atoms with Gasteiger partial charge in [0.15, 0.2) is 0 Å². The van der Waals surface area contributed by atoms with Crippen molar-refractivity contribution in [2.24, 2.45) is 5.92 Å². The molecule has 1 unspecified atom stereocenters. The summed E-state index contributed by atoms with van der Waals surface area (Å²) in [5, 5.41) is 5.61. The molecule has 6 heteroatoms. The molecule has 1 saturated heterocycles. The molecule has 202 valence electrons. The number of amides is 1. The molecule has 1 amide bonds. The van der Waals surface area contributed by atoms with Gasteiger partial charge in [0.2, 0.25) is 0 Å². The first-order valence-electron chi connectivity index (χ1n) is 14.1. The lowest BCUT2D eigenvalue weighted by Crippen LogP contribution is -2.55. The van der Waals surface area contributed by atoms with Crippen molar-refractivity contribution in [1.82, 2.24) is 10.2 Å². The Morgan fingerprint density at radius 3 is 2.58 bits per heavy atom. The molecule has 6 rings (SSSR count). The second-order valence-electron chi connectivity index (χ2n) is 11.2. The van der Waals surface area contributed by atoms with E-state index in [2.05, 4.69) is 45.4 Å². The van der Waals surface area contributed by atoms with Gasteiger partial charge in [0.25, 0.3) is 5.91 Å². The van der Waals surface area contributed by atoms with Crippen LogP contribution >= 0.6 is 12.4 Å². The minimum absolute atomic E-state index is 0. The van der Waals surface area contributed by atoms with Crippen LogP contribution in [-0.4, -0.2) is 56.2 Å². The van der Waals surface area contributed by atoms with Crippen LogP contribution in [0.4, 0.5) is 5.69 Å². The maximum atomic E-state index is 12.9. The number of fused-ring (bicyclic) bond motifs is 4. The van der Waals surface area contributed by atoms with Gasteiger partial charge in [0, 0.05) is 43.0 Å². The number of ether oxygens (including phenoxy) is 1. The third kappa shape index (κ3) is 5.79. The zero-order chi connectivity index (χ0) is 25.2. The van der Waals surface area contributed by atoms with Crippen molar-refractivity contribution in [3.05, 3.63) is 71.8 Å². The molecule has 3 aliphatic rings. The summed E-state index contributed by atoms with van der Waals surface area (Å²) < 4.78 is 5.44. The van der Waals surface area contributed by atoms with Gasteiger partial charge < -0.3 is 15.0 Å². The molecule has 38 heavy (non-hydrogen) atoms. The van der Waals surface area contributed by atoms with Gasteiger partial charge in [-0.1, -0.05) is 30.3 Å². The molecule has 1 atom stereocenters. The standard InChI is InChI=1S/C32H39N3O2.ClH/c1-37-30-14-15-31-26(21-30)10-13-29-22-34(18-19-35(29)31)17-16-23-6-11-28(12-7-23)33-32(36)27-9-8-24-4-2-3-5-25(24)20-27;/h2-5,8-9,14-15,20-21,23,28-29H,6-7,10-13,16-19,22H2,1H3,(H,33,36);1H. The highest BCUT2D eigenvalue weighted by atomic mass is 35.5. The molecular formula is C32H40ClN3O2. The molecular weight excluding hydrogens is 494 g/mol. The predicted molar refractivity (Wildman–Crippen MR) is 158 cm³/mol. The fraction of sp³-hybridized carbons (Fsp3) is 0.469. The number of methoxy groups -OCH3 is 1. The number of carbonyl (C=O) groups excluding carboxylic acids is 1. The van der Waals surface area contributed by atoms with Crippen LogP contribution in [0.3, 0.4) is 0 Å². The van der Waals surface area contributed by atoms with Crippen LogP contribution in [0.25, 0.3) is 10.8 Å². The van der Waals surface area contributed by atoms with E-state index in [-0.39, 0.29) is 18.3 Å². The summed E-state index contributed by atoms with van der Waals surface area (Å²) in [6.07, 6.45) is 8.31. The van der Waals surface area contributed by atoms with Gasteiger partial charge in [0.05, 0.1) is 7.11 Å². The van der Waals surface area contributed by atoms with E-state index in [1.807, 2.05) is 30.3 Å². The van der Waals surface area contributed by atoms with Gasteiger partial charge in [0.1, 0.15) is 5.75 Å². The highest BCUT2D eigenvalue weighted by molar-refractivity contribution is 5.98. The Balaban J connectivity index is 0.00000294. The summed E-state index contributed by atoms with van der Waals surface area (Å²) in [4.78, 5) is 18.2. The van der Waals surface area contributed by atoms with E-state index in [0.717, 1.165) is 55.0 Å². The molecule has 1 N–H and O–H groups in total. The molecule has 2 aliphatic heterocycles. The van der Waals surface area contributed by atoms with Gasteiger partial charge >= 0.3 is 0 Å². The minimum Gasteiger partial charge on any atom is -0.497 e. The van der Waals surface area contributed by atoms with Crippen LogP contribution in [-0.2, 0) is 6.42 Å². The Hall–Kier alpha value is -2.76. The maximum absolute atomic E-state index is 12.9. The lowest BCUT2D eigenvalue weighted by Gasteiger charge is -2.46. The van der Waals surface area contributed by atoms with Gasteiger partial charge in [-0.15, -0.1) is 12.4 Å². The molecule has 0 spiro atoms. The number of piperazine rings is 1. The number of benzene rings is 3. The summed E-state index contributed by atoms with van der Waals surface area (Å²) in [6.45, 7) is 4.66. The number of aryl methyl sites for hydroxylation is 1. The first-order valence-corrected chi connectivity index (χ1v) is 14.1. The van der Waals surface area contributed by atoms with Gasteiger partial charge in [-0.3, -0.25) is 9.69 Å². The highest BCUT2D eigenvalue weighted by Gasteiger charge is 2.32. The Kier molecular flexibility index (Phi) is 8.45. The van der Waals surface area contributed by atoms with Crippen molar-refractivity contribution < 1.29 is 9.53 Å². The number of hydrogen-bond acceptors (Lipinski definition) is 4. The molecule has 0 bridgehead atoms. The van der Waals surface area contributed by atoms with E-state index in [0.29, 0.717) is 12.1 Å². The first kappa shape index (κ1) is 26.8. The van der Waals surface area contributed by atoms with E-state index in [9.17, 15) is 4.79 Å². The van der Waals surface area contributed by atoms with E-state index in [1.54, 1.807) is 7.11 Å². The summed E-state index contributed by atoms with van der Waals surface area (Å²) in [7, 11) is 1.75. The maximum Gasteiger partial charge on any atom is 0.251 e. The average Bonchev–Trinajstić information content (AvgIpc) is 2.96. The van der Waals surface area contributed by atoms with Crippen molar-refractivity contribution in [2.45, 2.75) is 57.0 Å². The SMILES string of the molecule is COc1ccc2c(c1)CCC1CN(CCC3CCC(NC(=O)c4ccc5ccccc5c4)CC3)CCN21.Cl.